The number of anilines is 1. The smallest absolute Gasteiger partial charge is 0.246 e. The van der Waals surface area contributed by atoms with Gasteiger partial charge < -0.3 is 9.80 Å². The largest absolute Gasteiger partial charge is 0.370 e. The molecule has 1 fully saturated rings. The number of sulfonamides is 1. The Balaban J connectivity index is 1.59. The van der Waals surface area contributed by atoms with Gasteiger partial charge in [-0.25, -0.2) is 13.1 Å². The summed E-state index contributed by atoms with van der Waals surface area (Å²) in [7, 11) is -3.48. The van der Waals surface area contributed by atoms with Crippen molar-refractivity contribution in [3.8, 4) is 6.07 Å². The average Bonchev–Trinajstić information content (AvgIpc) is 3.04. The molecular weight excluding hydrogens is 412 g/mol. The van der Waals surface area contributed by atoms with Crippen LogP contribution in [0.3, 0.4) is 0 Å². The first-order valence-electron chi connectivity index (χ1n) is 10.2. The van der Waals surface area contributed by atoms with Gasteiger partial charge in [-0.05, 0) is 54.5 Å². The van der Waals surface area contributed by atoms with Gasteiger partial charge in [-0.2, -0.15) is 5.26 Å². The molecule has 1 N–H and O–H groups in total. The van der Waals surface area contributed by atoms with E-state index in [0.29, 0.717) is 25.2 Å². The Bertz CT molecular complexity index is 1070. The maximum atomic E-state index is 12.6. The van der Waals surface area contributed by atoms with Crippen molar-refractivity contribution in [3.63, 3.8) is 0 Å². The molecule has 0 aliphatic carbocycles. The quantitative estimate of drug-likeness (QED) is 0.700. The molecule has 0 spiro atoms. The molecule has 0 aromatic heterocycles. The van der Waals surface area contributed by atoms with Crippen molar-refractivity contribution in [2.24, 2.45) is 0 Å². The monoisotopic (exact) mass is 438 g/mol. The van der Waals surface area contributed by atoms with Crippen molar-refractivity contribution in [1.82, 2.24) is 9.62 Å². The molecule has 1 amide bonds. The number of nitrogens with zero attached hydrogens (tertiary/aromatic N) is 3. The van der Waals surface area contributed by atoms with E-state index in [-0.39, 0.29) is 10.8 Å². The Morgan fingerprint density at radius 2 is 1.77 bits per heavy atom. The summed E-state index contributed by atoms with van der Waals surface area (Å²) in [5, 5.41) is 8.94. The topological polar surface area (TPSA) is 93.5 Å². The van der Waals surface area contributed by atoms with Crippen molar-refractivity contribution in [1.29, 1.82) is 5.26 Å². The lowest BCUT2D eigenvalue weighted by Crippen LogP contribution is -2.34. The summed E-state index contributed by atoms with van der Waals surface area (Å²) < 4.78 is 26.5. The van der Waals surface area contributed by atoms with E-state index >= 15 is 0 Å². The number of benzene rings is 2. The standard InChI is InChI=1S/C23H26N4O3S/c1-2-25-31(29,30)22-11-6-19(7-12-22)8-13-23(28)27-15-3-14-26(16-17-27)21-9-4-20(18-24)5-10-21/h4-13,25H,2-3,14-17H2,1H3/b13-8+. The van der Waals surface area contributed by atoms with Crippen LogP contribution in [0.15, 0.2) is 59.5 Å². The van der Waals surface area contributed by atoms with Gasteiger partial charge in [0.15, 0.2) is 0 Å². The van der Waals surface area contributed by atoms with Crippen LogP contribution in [0.25, 0.3) is 6.08 Å². The molecule has 0 bridgehead atoms. The molecular formula is C23H26N4O3S. The fourth-order valence-corrected chi connectivity index (χ4v) is 4.49. The fourth-order valence-electron chi connectivity index (χ4n) is 3.45. The molecule has 2 aromatic carbocycles. The van der Waals surface area contributed by atoms with E-state index in [0.717, 1.165) is 30.8 Å². The summed E-state index contributed by atoms with van der Waals surface area (Å²) in [6, 6.07) is 16.0. The van der Waals surface area contributed by atoms with E-state index in [2.05, 4.69) is 15.7 Å². The minimum atomic E-state index is -3.48. The van der Waals surface area contributed by atoms with Crippen LogP contribution < -0.4 is 9.62 Å². The van der Waals surface area contributed by atoms with Gasteiger partial charge >= 0.3 is 0 Å². The first-order chi connectivity index (χ1) is 14.9. The second-order valence-corrected chi connectivity index (χ2v) is 9.00. The highest BCUT2D eigenvalue weighted by Gasteiger charge is 2.18. The van der Waals surface area contributed by atoms with Crippen LogP contribution in [0, 0.1) is 11.3 Å². The second kappa shape index (κ2) is 10.2. The van der Waals surface area contributed by atoms with Gasteiger partial charge in [0.05, 0.1) is 16.5 Å². The molecule has 1 saturated heterocycles. The molecule has 1 aliphatic heterocycles. The molecule has 1 aliphatic rings. The summed E-state index contributed by atoms with van der Waals surface area (Å²) >= 11 is 0. The maximum absolute atomic E-state index is 12.6. The SMILES string of the molecule is CCNS(=O)(=O)c1ccc(/C=C/C(=O)N2CCCN(c3ccc(C#N)cc3)CC2)cc1. The number of rotatable bonds is 6. The molecule has 31 heavy (non-hydrogen) atoms. The zero-order chi connectivity index (χ0) is 22.3. The lowest BCUT2D eigenvalue weighted by Gasteiger charge is -2.23. The number of hydrogen-bond acceptors (Lipinski definition) is 5. The highest BCUT2D eigenvalue weighted by Crippen LogP contribution is 2.18. The molecule has 1 heterocycles. The normalized spacial score (nSPS) is 15.0. The van der Waals surface area contributed by atoms with Crippen molar-refractivity contribution in [2.45, 2.75) is 18.2 Å². The lowest BCUT2D eigenvalue weighted by molar-refractivity contribution is -0.125. The predicted octanol–water partition coefficient (Wildman–Crippen LogP) is 2.61. The van der Waals surface area contributed by atoms with Crippen molar-refractivity contribution < 1.29 is 13.2 Å². The average molecular weight is 439 g/mol. The van der Waals surface area contributed by atoms with Crippen molar-refractivity contribution in [3.05, 3.63) is 65.7 Å². The predicted molar refractivity (Wildman–Crippen MR) is 121 cm³/mol. The Morgan fingerprint density at radius 3 is 2.42 bits per heavy atom. The van der Waals surface area contributed by atoms with E-state index in [9.17, 15) is 13.2 Å². The minimum absolute atomic E-state index is 0.0639. The van der Waals surface area contributed by atoms with E-state index in [4.69, 9.17) is 5.26 Å². The molecule has 0 unspecified atom stereocenters. The molecule has 2 aromatic rings. The van der Waals surface area contributed by atoms with Crippen LogP contribution in [0.4, 0.5) is 5.69 Å². The molecule has 0 radical (unpaired) electrons. The first-order valence-corrected chi connectivity index (χ1v) is 11.7. The van der Waals surface area contributed by atoms with Gasteiger partial charge in [-0.1, -0.05) is 19.1 Å². The van der Waals surface area contributed by atoms with Crippen LogP contribution in [-0.4, -0.2) is 51.9 Å². The highest BCUT2D eigenvalue weighted by molar-refractivity contribution is 7.89. The maximum Gasteiger partial charge on any atom is 0.246 e. The van der Waals surface area contributed by atoms with Crippen molar-refractivity contribution >= 4 is 27.7 Å². The van der Waals surface area contributed by atoms with Gasteiger partial charge in [0.2, 0.25) is 15.9 Å². The Hall–Kier alpha value is -3.15. The number of nitriles is 1. The van der Waals surface area contributed by atoms with E-state index in [1.54, 1.807) is 37.3 Å². The molecule has 0 saturated carbocycles. The van der Waals surface area contributed by atoms with E-state index in [1.807, 2.05) is 17.0 Å². The molecule has 0 atom stereocenters. The number of carbonyl (C=O) groups excluding carboxylic acids is 1. The van der Waals surface area contributed by atoms with Crippen LogP contribution in [0.2, 0.25) is 0 Å². The van der Waals surface area contributed by atoms with Crippen LogP contribution in [0.1, 0.15) is 24.5 Å². The second-order valence-electron chi connectivity index (χ2n) is 7.23. The summed E-state index contributed by atoms with van der Waals surface area (Å²) in [6.07, 6.45) is 4.09. The zero-order valence-corrected chi connectivity index (χ0v) is 18.3. The summed E-state index contributed by atoms with van der Waals surface area (Å²) in [6.45, 7) is 4.92. The third-order valence-electron chi connectivity index (χ3n) is 5.11. The molecule has 3 rings (SSSR count). The van der Waals surface area contributed by atoms with Crippen LogP contribution in [0.5, 0.6) is 0 Å². The highest BCUT2D eigenvalue weighted by atomic mass is 32.2. The van der Waals surface area contributed by atoms with E-state index < -0.39 is 10.0 Å². The first kappa shape index (κ1) is 22.5. The van der Waals surface area contributed by atoms with E-state index in [1.165, 1.54) is 18.2 Å². The number of carbonyl (C=O) groups is 1. The van der Waals surface area contributed by atoms with Crippen LogP contribution >= 0.6 is 0 Å². The molecule has 7 nitrogen and oxygen atoms in total. The van der Waals surface area contributed by atoms with Gasteiger partial charge in [-0.15, -0.1) is 0 Å². The third kappa shape index (κ3) is 5.94. The summed E-state index contributed by atoms with van der Waals surface area (Å²) in [5.41, 5.74) is 2.45. The third-order valence-corrected chi connectivity index (χ3v) is 6.67. The summed E-state index contributed by atoms with van der Waals surface area (Å²) in [4.78, 5) is 16.9. The molecule has 8 heteroatoms. The molecule has 162 valence electrons. The zero-order valence-electron chi connectivity index (χ0n) is 17.5. The fraction of sp³-hybridized carbons (Fsp3) is 0.304. The number of nitrogens with one attached hydrogen (secondary N) is 1. The van der Waals surface area contributed by atoms with Crippen LogP contribution in [-0.2, 0) is 14.8 Å². The van der Waals surface area contributed by atoms with Gasteiger partial charge in [-0.3, -0.25) is 4.79 Å². The lowest BCUT2D eigenvalue weighted by atomic mass is 10.2. The minimum Gasteiger partial charge on any atom is -0.370 e. The Labute approximate surface area is 183 Å². The van der Waals surface area contributed by atoms with Gasteiger partial charge in [0, 0.05) is 44.5 Å². The summed E-state index contributed by atoms with van der Waals surface area (Å²) in [5.74, 6) is -0.0639. The Kier molecular flexibility index (Phi) is 7.45. The van der Waals surface area contributed by atoms with Crippen molar-refractivity contribution in [2.75, 3.05) is 37.6 Å². The van der Waals surface area contributed by atoms with Gasteiger partial charge in [0.1, 0.15) is 0 Å². The Morgan fingerprint density at radius 1 is 1.06 bits per heavy atom. The number of hydrogen-bond donors (Lipinski definition) is 1. The number of amides is 1. The van der Waals surface area contributed by atoms with Gasteiger partial charge in [0.25, 0.3) is 0 Å².